The van der Waals surface area contributed by atoms with Crippen LogP contribution < -0.4 is 0 Å². The van der Waals surface area contributed by atoms with E-state index in [-0.39, 0.29) is 12.2 Å². The highest BCUT2D eigenvalue weighted by atomic mass is 16.5. The Kier molecular flexibility index (Phi) is 6.03. The lowest BCUT2D eigenvalue weighted by molar-refractivity contribution is -0.151. The fourth-order valence-electron chi connectivity index (χ4n) is 0.828. The molecule has 0 aromatic heterocycles. The zero-order valence-corrected chi connectivity index (χ0v) is 8.45. The summed E-state index contributed by atoms with van der Waals surface area (Å²) in [5.74, 6) is -1.48. The largest absolute Gasteiger partial charge is 0.460 e. The summed E-state index contributed by atoms with van der Waals surface area (Å²) in [4.78, 5) is 22.4. The van der Waals surface area contributed by atoms with Gasteiger partial charge in [-0.15, -0.1) is 0 Å². The van der Waals surface area contributed by atoms with E-state index < -0.39 is 11.8 Å². The predicted octanol–water partition coefficient (Wildman–Crippen LogP) is 1.81. The predicted molar refractivity (Wildman–Crippen MR) is 54.7 cm³/mol. The first-order valence-corrected chi connectivity index (χ1v) is 4.34. The van der Waals surface area contributed by atoms with Crippen molar-refractivity contribution >= 4 is 11.8 Å². The molecular weight excluding hydrogens is 180 g/mol. The van der Waals surface area contributed by atoms with E-state index in [1.165, 1.54) is 12.2 Å². The van der Waals surface area contributed by atoms with Crippen LogP contribution in [0.2, 0.25) is 0 Å². The highest BCUT2D eigenvalue weighted by Gasteiger charge is 2.17. The van der Waals surface area contributed by atoms with Gasteiger partial charge in [0.05, 0.1) is 6.61 Å². The summed E-state index contributed by atoms with van der Waals surface area (Å²) in [6, 6.07) is 0. The van der Waals surface area contributed by atoms with E-state index in [1.807, 2.05) is 0 Å². The zero-order chi connectivity index (χ0) is 11.0. The first-order valence-electron chi connectivity index (χ1n) is 4.34. The van der Waals surface area contributed by atoms with E-state index in [0.717, 1.165) is 0 Å². The molecule has 0 aliphatic carbocycles. The molecule has 0 unspecified atom stereocenters. The van der Waals surface area contributed by atoms with Gasteiger partial charge in [-0.1, -0.05) is 30.9 Å². The van der Waals surface area contributed by atoms with Gasteiger partial charge in [-0.05, 0) is 13.8 Å². The molecule has 0 atom stereocenters. The van der Waals surface area contributed by atoms with Crippen LogP contribution in [0.15, 0.2) is 36.5 Å². The fraction of sp³-hybridized carbons (Fsp3) is 0.273. The van der Waals surface area contributed by atoms with Crippen molar-refractivity contribution in [2.24, 2.45) is 0 Å². The number of hydrogen-bond acceptors (Lipinski definition) is 3. The molecule has 0 bridgehead atoms. The number of rotatable bonds is 5. The monoisotopic (exact) mass is 194 g/mol. The number of ketones is 1. The molecule has 0 saturated carbocycles. The molecule has 0 radical (unpaired) electrons. The number of carbonyl (C=O) groups is 2. The first-order chi connectivity index (χ1) is 6.67. The Morgan fingerprint density at radius 2 is 2.07 bits per heavy atom. The third-order valence-electron chi connectivity index (χ3n) is 1.37. The number of allylic oxidation sites excluding steroid dienone is 4. The molecule has 0 rings (SSSR count). The van der Waals surface area contributed by atoms with E-state index in [9.17, 15) is 9.59 Å². The normalized spacial score (nSPS) is 11.4. The summed E-state index contributed by atoms with van der Waals surface area (Å²) in [7, 11) is 0. The second kappa shape index (κ2) is 6.83. The van der Waals surface area contributed by atoms with E-state index >= 15 is 0 Å². The minimum Gasteiger partial charge on any atom is -0.460 e. The number of esters is 1. The lowest BCUT2D eigenvalue weighted by Crippen LogP contribution is -2.18. The smallest absolute Gasteiger partial charge is 0.379 e. The maximum atomic E-state index is 11.4. The van der Waals surface area contributed by atoms with Crippen LogP contribution >= 0.6 is 0 Å². The lowest BCUT2D eigenvalue weighted by Gasteiger charge is -2.00. The van der Waals surface area contributed by atoms with Crippen molar-refractivity contribution in [2.75, 3.05) is 6.61 Å². The van der Waals surface area contributed by atoms with Gasteiger partial charge in [0.2, 0.25) is 0 Å². The summed E-state index contributed by atoms with van der Waals surface area (Å²) in [5.41, 5.74) is 0.279. The molecule has 0 N–H and O–H groups in total. The zero-order valence-electron chi connectivity index (χ0n) is 8.45. The van der Waals surface area contributed by atoms with Crippen molar-refractivity contribution < 1.29 is 14.3 Å². The summed E-state index contributed by atoms with van der Waals surface area (Å²) in [6.45, 7) is 7.06. The summed E-state index contributed by atoms with van der Waals surface area (Å²) < 4.78 is 4.58. The molecular formula is C11H14O3. The number of Topliss-reactive ketones (excluding diaryl/α,β-unsaturated/α-hetero) is 1. The van der Waals surface area contributed by atoms with Crippen molar-refractivity contribution in [3.05, 3.63) is 36.5 Å². The average molecular weight is 194 g/mol. The molecule has 0 heterocycles. The van der Waals surface area contributed by atoms with Crippen molar-refractivity contribution in [3.8, 4) is 0 Å². The van der Waals surface area contributed by atoms with Crippen LogP contribution in [-0.4, -0.2) is 18.4 Å². The van der Waals surface area contributed by atoms with Gasteiger partial charge in [0.25, 0.3) is 5.78 Å². The van der Waals surface area contributed by atoms with Crippen LogP contribution in [-0.2, 0) is 14.3 Å². The van der Waals surface area contributed by atoms with Gasteiger partial charge in [0.1, 0.15) is 0 Å². The summed E-state index contributed by atoms with van der Waals surface area (Å²) >= 11 is 0. The quantitative estimate of drug-likeness (QED) is 0.290. The van der Waals surface area contributed by atoms with E-state index in [1.54, 1.807) is 26.0 Å². The maximum absolute atomic E-state index is 11.4. The SMILES string of the molecule is C=C/C=C(\C=C/C)C(=O)C(=O)OCC. The van der Waals surface area contributed by atoms with Crippen LogP contribution in [0.3, 0.4) is 0 Å². The summed E-state index contributed by atoms with van der Waals surface area (Å²) in [5, 5.41) is 0. The molecule has 0 spiro atoms. The third-order valence-corrected chi connectivity index (χ3v) is 1.37. The molecule has 0 aliphatic rings. The Morgan fingerprint density at radius 1 is 1.43 bits per heavy atom. The standard InChI is InChI=1S/C11H14O3/c1-4-7-9(8-5-2)10(12)11(13)14-6-3/h4-5,7-8H,1,6H2,2-3H3/b8-5-,9-7+. The molecule has 0 saturated heterocycles. The van der Waals surface area contributed by atoms with Crippen LogP contribution in [0.4, 0.5) is 0 Å². The van der Waals surface area contributed by atoms with Crippen molar-refractivity contribution in [3.63, 3.8) is 0 Å². The van der Waals surface area contributed by atoms with Gasteiger partial charge >= 0.3 is 5.97 Å². The molecule has 0 fully saturated rings. The van der Waals surface area contributed by atoms with Crippen LogP contribution in [0.1, 0.15) is 13.8 Å². The van der Waals surface area contributed by atoms with Gasteiger partial charge in [0.15, 0.2) is 0 Å². The minimum absolute atomic E-state index is 0.196. The van der Waals surface area contributed by atoms with Crippen molar-refractivity contribution in [1.29, 1.82) is 0 Å². The summed E-state index contributed by atoms with van der Waals surface area (Å²) in [6.07, 6.45) is 6.14. The molecule has 76 valence electrons. The Labute approximate surface area is 83.8 Å². The van der Waals surface area contributed by atoms with Crippen LogP contribution in [0.25, 0.3) is 0 Å². The number of carbonyl (C=O) groups excluding carboxylic acids is 2. The lowest BCUT2D eigenvalue weighted by atomic mass is 10.1. The molecule has 14 heavy (non-hydrogen) atoms. The molecule has 3 nitrogen and oxygen atoms in total. The topological polar surface area (TPSA) is 43.4 Å². The van der Waals surface area contributed by atoms with E-state index in [0.29, 0.717) is 0 Å². The average Bonchev–Trinajstić information content (AvgIpc) is 2.17. The molecule has 0 aliphatic heterocycles. The minimum atomic E-state index is -0.835. The number of ether oxygens (including phenoxy) is 1. The van der Waals surface area contributed by atoms with Gasteiger partial charge in [-0.3, -0.25) is 4.79 Å². The van der Waals surface area contributed by atoms with Crippen LogP contribution in [0, 0.1) is 0 Å². The highest BCUT2D eigenvalue weighted by molar-refractivity contribution is 6.41. The van der Waals surface area contributed by atoms with E-state index in [2.05, 4.69) is 11.3 Å². The Hall–Kier alpha value is -1.64. The van der Waals surface area contributed by atoms with Gasteiger partial charge < -0.3 is 4.74 Å². The second-order valence-electron chi connectivity index (χ2n) is 2.41. The van der Waals surface area contributed by atoms with Crippen molar-refractivity contribution in [1.82, 2.24) is 0 Å². The van der Waals surface area contributed by atoms with Gasteiger partial charge in [0, 0.05) is 5.57 Å². The van der Waals surface area contributed by atoms with E-state index in [4.69, 9.17) is 0 Å². The van der Waals surface area contributed by atoms with Crippen molar-refractivity contribution in [2.45, 2.75) is 13.8 Å². The maximum Gasteiger partial charge on any atom is 0.379 e. The molecule has 0 aromatic rings. The first kappa shape index (κ1) is 12.4. The third kappa shape index (κ3) is 3.85. The second-order valence-corrected chi connectivity index (χ2v) is 2.41. The van der Waals surface area contributed by atoms with Crippen LogP contribution in [0.5, 0.6) is 0 Å². The van der Waals surface area contributed by atoms with Gasteiger partial charge in [-0.25, -0.2) is 4.79 Å². The number of hydrogen-bond donors (Lipinski definition) is 0. The highest BCUT2D eigenvalue weighted by Crippen LogP contribution is 2.01. The molecule has 3 heteroatoms. The Balaban J connectivity index is 4.69. The molecule has 0 amide bonds. The Morgan fingerprint density at radius 3 is 2.50 bits per heavy atom. The van der Waals surface area contributed by atoms with Gasteiger partial charge in [-0.2, -0.15) is 0 Å². The fourth-order valence-corrected chi connectivity index (χ4v) is 0.828. The Bertz CT molecular complexity index is 285. The molecule has 0 aromatic carbocycles.